The molecule has 2 aliphatic rings. The summed E-state index contributed by atoms with van der Waals surface area (Å²) in [7, 11) is 0. The summed E-state index contributed by atoms with van der Waals surface area (Å²) in [6.07, 6.45) is 2.17. The third-order valence-electron chi connectivity index (χ3n) is 8.42. The zero-order valence-electron chi connectivity index (χ0n) is 27.5. The second kappa shape index (κ2) is 13.5. The van der Waals surface area contributed by atoms with Gasteiger partial charge in [-0.15, -0.1) is 0 Å². The van der Waals surface area contributed by atoms with Crippen molar-refractivity contribution >= 4 is 24.2 Å². The highest BCUT2D eigenvalue weighted by molar-refractivity contribution is 5.96. The fourth-order valence-electron chi connectivity index (χ4n) is 6.35. The molecule has 3 amide bonds. The van der Waals surface area contributed by atoms with Gasteiger partial charge in [0.15, 0.2) is 0 Å². The smallest absolute Gasteiger partial charge is 0.417 e. The van der Waals surface area contributed by atoms with Crippen LogP contribution < -0.4 is 0 Å². The summed E-state index contributed by atoms with van der Waals surface area (Å²) in [6, 6.07) is 28.1. The monoisotopic (exact) mass is 624 g/mol. The molecule has 0 unspecified atom stereocenters. The Morgan fingerprint density at radius 2 is 1.52 bits per heavy atom. The Morgan fingerprint density at radius 1 is 0.935 bits per heavy atom. The normalized spacial score (nSPS) is 23.4. The molecule has 5 rings (SSSR count). The predicted octanol–water partition coefficient (Wildman–Crippen LogP) is 7.80. The second-order valence-electron chi connectivity index (χ2n) is 13.5. The van der Waals surface area contributed by atoms with Crippen LogP contribution in [0, 0.1) is 5.92 Å². The average Bonchev–Trinajstić information content (AvgIpc) is 3.45. The zero-order valence-corrected chi connectivity index (χ0v) is 27.5. The van der Waals surface area contributed by atoms with Crippen molar-refractivity contribution in [2.45, 2.75) is 90.0 Å². The van der Waals surface area contributed by atoms with Crippen LogP contribution in [0.15, 0.2) is 97.1 Å². The van der Waals surface area contributed by atoms with Gasteiger partial charge in [0.05, 0.1) is 24.1 Å². The van der Waals surface area contributed by atoms with Gasteiger partial charge in [-0.2, -0.15) is 0 Å². The van der Waals surface area contributed by atoms with Crippen molar-refractivity contribution in [3.8, 4) is 0 Å². The summed E-state index contributed by atoms with van der Waals surface area (Å²) in [5, 5.41) is 0. The van der Waals surface area contributed by atoms with Gasteiger partial charge >= 0.3 is 12.2 Å². The number of imide groups is 1. The highest BCUT2D eigenvalue weighted by Crippen LogP contribution is 2.40. The quantitative estimate of drug-likeness (QED) is 0.254. The van der Waals surface area contributed by atoms with Crippen LogP contribution in [0.5, 0.6) is 0 Å². The molecule has 46 heavy (non-hydrogen) atoms. The lowest BCUT2D eigenvalue weighted by Crippen LogP contribution is -2.51. The van der Waals surface area contributed by atoms with Crippen LogP contribution in [0.2, 0.25) is 0 Å². The first-order valence-corrected chi connectivity index (χ1v) is 15.9. The lowest BCUT2D eigenvalue weighted by molar-refractivity contribution is -0.134. The lowest BCUT2D eigenvalue weighted by atomic mass is 9.91. The molecule has 3 aromatic rings. The molecule has 0 spiro atoms. The molecular formula is C38H44N2O6. The van der Waals surface area contributed by atoms with Crippen LogP contribution in [-0.2, 0) is 25.4 Å². The number of rotatable bonds is 8. The molecule has 5 atom stereocenters. The van der Waals surface area contributed by atoms with E-state index in [2.05, 4.69) is 0 Å². The summed E-state index contributed by atoms with van der Waals surface area (Å²) in [4.78, 5) is 44.2. The van der Waals surface area contributed by atoms with E-state index in [4.69, 9.17) is 14.2 Å². The summed E-state index contributed by atoms with van der Waals surface area (Å²) < 4.78 is 18.2. The van der Waals surface area contributed by atoms with Gasteiger partial charge in [0.1, 0.15) is 17.4 Å². The molecule has 0 N–H and O–H groups in total. The molecule has 8 nitrogen and oxygen atoms in total. The van der Waals surface area contributed by atoms with E-state index in [0.29, 0.717) is 6.42 Å². The van der Waals surface area contributed by atoms with Crippen LogP contribution in [0.4, 0.5) is 9.59 Å². The summed E-state index contributed by atoms with van der Waals surface area (Å²) in [5.74, 6) is -1.12. The summed E-state index contributed by atoms with van der Waals surface area (Å²) in [5.41, 5.74) is 1.05. The summed E-state index contributed by atoms with van der Waals surface area (Å²) in [6.45, 7) is 11.0. The van der Waals surface area contributed by atoms with E-state index in [1.54, 1.807) is 4.90 Å². The van der Waals surface area contributed by atoms with Crippen LogP contribution in [-0.4, -0.2) is 57.4 Å². The molecule has 2 aliphatic heterocycles. The maximum atomic E-state index is 14.4. The Bertz CT molecular complexity index is 1530. The molecule has 2 saturated heterocycles. The minimum Gasteiger partial charge on any atom is -0.444 e. The average molecular weight is 625 g/mol. The fraction of sp³-hybridized carbons (Fsp3) is 0.395. The van der Waals surface area contributed by atoms with E-state index < -0.39 is 53.7 Å². The molecular weight excluding hydrogens is 580 g/mol. The molecule has 0 saturated carbocycles. The number of carbonyl (C=O) groups is 3. The highest BCUT2D eigenvalue weighted by Gasteiger charge is 2.53. The second-order valence-corrected chi connectivity index (χ2v) is 13.5. The lowest BCUT2D eigenvalue weighted by Gasteiger charge is -2.35. The van der Waals surface area contributed by atoms with Gasteiger partial charge in [-0.05, 0) is 71.1 Å². The molecule has 0 aromatic heterocycles. The minimum atomic E-state index is -1.01. The number of hydrogen-bond donors (Lipinski definition) is 0. The molecule has 0 bridgehead atoms. The summed E-state index contributed by atoms with van der Waals surface area (Å²) >= 11 is 0. The van der Waals surface area contributed by atoms with Crippen molar-refractivity contribution in [3.63, 3.8) is 0 Å². The van der Waals surface area contributed by atoms with Gasteiger partial charge < -0.3 is 14.2 Å². The maximum Gasteiger partial charge on any atom is 0.417 e. The third kappa shape index (κ3) is 7.50. The van der Waals surface area contributed by atoms with E-state index in [1.807, 2.05) is 145 Å². The van der Waals surface area contributed by atoms with E-state index in [1.165, 1.54) is 4.90 Å². The van der Waals surface area contributed by atoms with Crippen LogP contribution >= 0.6 is 0 Å². The number of carbonyl (C=O) groups excluding carboxylic acids is 3. The number of ether oxygens (including phenoxy) is 3. The first kappa shape index (κ1) is 32.9. The van der Waals surface area contributed by atoms with Crippen molar-refractivity contribution in [2.75, 3.05) is 0 Å². The number of hydrogen-bond acceptors (Lipinski definition) is 6. The standard InChI is InChI=1S/C38H44N2O6/c1-26-33(29-20-14-9-15-21-29)44-35(42)39(26)34(41)30(23-22-27-16-10-7-11-17-27)25-32-31(24-28-18-12-8-13-19-28)40(38(5,6)45-32)36(43)46-37(2,3)4/h7-23,26,30-33H,24-25H2,1-6H3/b23-22+/t26-,30-,31+,32+,33-/m0/s1. The minimum absolute atomic E-state index is 0.231. The van der Waals surface area contributed by atoms with Gasteiger partial charge in [0.25, 0.3) is 0 Å². The highest BCUT2D eigenvalue weighted by atomic mass is 16.6. The van der Waals surface area contributed by atoms with Gasteiger partial charge in [-0.25, -0.2) is 14.5 Å². The Balaban J connectivity index is 1.49. The molecule has 242 valence electrons. The largest absolute Gasteiger partial charge is 0.444 e. The molecule has 0 radical (unpaired) electrons. The molecule has 8 heteroatoms. The van der Waals surface area contributed by atoms with Gasteiger partial charge in [0.2, 0.25) is 5.91 Å². The Hall–Kier alpha value is -4.43. The van der Waals surface area contributed by atoms with E-state index in [0.717, 1.165) is 16.7 Å². The van der Waals surface area contributed by atoms with Gasteiger partial charge in [-0.3, -0.25) is 9.69 Å². The van der Waals surface area contributed by atoms with E-state index in [-0.39, 0.29) is 12.3 Å². The first-order chi connectivity index (χ1) is 21.8. The Kier molecular flexibility index (Phi) is 9.68. The van der Waals surface area contributed by atoms with Crippen molar-refractivity contribution in [3.05, 3.63) is 114 Å². The predicted molar refractivity (Wildman–Crippen MR) is 177 cm³/mol. The molecule has 3 aromatic carbocycles. The SMILES string of the molecule is C[C@H]1[C@@H](c2ccccc2)OC(=O)N1C(=O)[C@@H](/C=C/c1ccccc1)C[C@H]1OC(C)(C)N(C(=O)OC(C)(C)C)[C@@H]1Cc1ccccc1. The van der Waals surface area contributed by atoms with E-state index >= 15 is 0 Å². The van der Waals surface area contributed by atoms with E-state index in [9.17, 15) is 14.4 Å². The van der Waals surface area contributed by atoms with Crippen molar-refractivity contribution in [2.24, 2.45) is 5.92 Å². The van der Waals surface area contributed by atoms with Crippen LogP contribution in [0.1, 0.15) is 70.8 Å². The first-order valence-electron chi connectivity index (χ1n) is 15.9. The van der Waals surface area contributed by atoms with Crippen LogP contribution in [0.3, 0.4) is 0 Å². The van der Waals surface area contributed by atoms with Crippen molar-refractivity contribution < 1.29 is 28.6 Å². The number of benzene rings is 3. The molecule has 2 heterocycles. The molecule has 0 aliphatic carbocycles. The topological polar surface area (TPSA) is 85.4 Å². The Morgan fingerprint density at radius 3 is 2.13 bits per heavy atom. The Labute approximate surface area is 271 Å². The number of amides is 3. The van der Waals surface area contributed by atoms with Gasteiger partial charge in [-0.1, -0.05) is 103 Å². The number of nitrogens with zero attached hydrogens (tertiary/aromatic N) is 2. The number of cyclic esters (lactones) is 1. The fourth-order valence-corrected chi connectivity index (χ4v) is 6.35. The van der Waals surface area contributed by atoms with Crippen LogP contribution in [0.25, 0.3) is 6.08 Å². The molecule has 2 fully saturated rings. The van der Waals surface area contributed by atoms with Gasteiger partial charge in [0, 0.05) is 0 Å². The van der Waals surface area contributed by atoms with Crippen molar-refractivity contribution in [1.82, 2.24) is 9.80 Å². The third-order valence-corrected chi connectivity index (χ3v) is 8.42. The zero-order chi connectivity index (χ0) is 33.1. The maximum absolute atomic E-state index is 14.4. The van der Waals surface area contributed by atoms with Crippen molar-refractivity contribution in [1.29, 1.82) is 0 Å².